The summed E-state index contributed by atoms with van der Waals surface area (Å²) in [6, 6.07) is 5.65. The number of rotatable bonds is 5. The van der Waals surface area contributed by atoms with Gasteiger partial charge in [0, 0.05) is 24.7 Å². The van der Waals surface area contributed by atoms with Gasteiger partial charge in [0.25, 0.3) is 5.91 Å². The maximum absolute atomic E-state index is 12.0. The number of benzene rings is 1. The Balaban J connectivity index is 1.82. The van der Waals surface area contributed by atoms with Gasteiger partial charge in [0.05, 0.1) is 13.2 Å². The topological polar surface area (TPSA) is 59.6 Å². The Morgan fingerprint density at radius 1 is 1.45 bits per heavy atom. The van der Waals surface area contributed by atoms with E-state index in [1.807, 2.05) is 0 Å². The molecule has 1 atom stereocenters. The van der Waals surface area contributed by atoms with Crippen LogP contribution in [0.4, 0.5) is 8.78 Å². The Morgan fingerprint density at radius 3 is 2.80 bits per heavy atom. The van der Waals surface area contributed by atoms with E-state index < -0.39 is 6.61 Å². The molecule has 1 aliphatic heterocycles. The fourth-order valence-electron chi connectivity index (χ4n) is 1.86. The molecule has 1 aromatic carbocycles. The van der Waals surface area contributed by atoms with Gasteiger partial charge in [-0.3, -0.25) is 4.79 Å². The first-order chi connectivity index (χ1) is 9.65. The number of halogens is 2. The van der Waals surface area contributed by atoms with Gasteiger partial charge in [0.15, 0.2) is 0 Å². The van der Waals surface area contributed by atoms with Crippen LogP contribution < -0.4 is 15.4 Å². The van der Waals surface area contributed by atoms with Crippen LogP contribution in [0.1, 0.15) is 10.4 Å². The van der Waals surface area contributed by atoms with E-state index in [-0.39, 0.29) is 17.7 Å². The maximum atomic E-state index is 12.0. The summed E-state index contributed by atoms with van der Waals surface area (Å²) in [6.45, 7) is -0.418. The minimum atomic E-state index is -2.87. The molecule has 1 amide bonds. The first-order valence-corrected chi connectivity index (χ1v) is 6.29. The Labute approximate surface area is 115 Å². The molecule has 0 spiro atoms. The molecule has 1 aromatic rings. The van der Waals surface area contributed by atoms with Crippen LogP contribution in [-0.4, -0.2) is 44.9 Å². The van der Waals surface area contributed by atoms with Crippen molar-refractivity contribution in [1.29, 1.82) is 0 Å². The summed E-state index contributed by atoms with van der Waals surface area (Å²) in [6.07, 6.45) is 0. The van der Waals surface area contributed by atoms with E-state index >= 15 is 0 Å². The van der Waals surface area contributed by atoms with Crippen molar-refractivity contribution in [3.05, 3.63) is 29.8 Å². The lowest BCUT2D eigenvalue weighted by molar-refractivity contribution is -0.0498. The number of morpholine rings is 1. The summed E-state index contributed by atoms with van der Waals surface area (Å²) >= 11 is 0. The molecule has 1 saturated heterocycles. The third kappa shape index (κ3) is 4.43. The van der Waals surface area contributed by atoms with Crippen molar-refractivity contribution in [1.82, 2.24) is 10.6 Å². The summed E-state index contributed by atoms with van der Waals surface area (Å²) in [4.78, 5) is 11.9. The SMILES string of the molecule is O=C(NCC1COCCN1)c1ccc(OC(F)F)cc1. The minimum Gasteiger partial charge on any atom is -0.435 e. The van der Waals surface area contributed by atoms with Crippen LogP contribution in [-0.2, 0) is 4.74 Å². The monoisotopic (exact) mass is 286 g/mol. The highest BCUT2D eigenvalue weighted by atomic mass is 19.3. The number of nitrogens with one attached hydrogen (secondary N) is 2. The van der Waals surface area contributed by atoms with E-state index in [1.54, 1.807) is 0 Å². The van der Waals surface area contributed by atoms with Crippen LogP contribution in [0.3, 0.4) is 0 Å². The zero-order valence-corrected chi connectivity index (χ0v) is 10.8. The molecular formula is C13H16F2N2O3. The standard InChI is InChI=1S/C13H16F2N2O3/c14-13(15)20-11-3-1-9(2-4-11)12(18)17-7-10-8-19-6-5-16-10/h1-4,10,13,16H,5-8H2,(H,17,18). The molecule has 1 unspecified atom stereocenters. The number of ether oxygens (including phenoxy) is 2. The fraction of sp³-hybridized carbons (Fsp3) is 0.462. The Bertz CT molecular complexity index is 434. The summed E-state index contributed by atoms with van der Waals surface area (Å²) in [5.74, 6) is -0.236. The highest BCUT2D eigenvalue weighted by Crippen LogP contribution is 2.14. The van der Waals surface area contributed by atoms with Crippen LogP contribution in [0.5, 0.6) is 5.75 Å². The highest BCUT2D eigenvalue weighted by Gasteiger charge is 2.14. The second-order valence-corrected chi connectivity index (χ2v) is 4.34. The molecule has 5 nitrogen and oxygen atoms in total. The molecule has 1 aliphatic rings. The van der Waals surface area contributed by atoms with Crippen molar-refractivity contribution in [3.8, 4) is 5.75 Å². The lowest BCUT2D eigenvalue weighted by atomic mass is 10.2. The van der Waals surface area contributed by atoms with E-state index in [1.165, 1.54) is 24.3 Å². The van der Waals surface area contributed by atoms with Crippen molar-refractivity contribution >= 4 is 5.91 Å². The normalized spacial score (nSPS) is 18.9. The average molecular weight is 286 g/mol. The van der Waals surface area contributed by atoms with Gasteiger partial charge in [-0.25, -0.2) is 0 Å². The van der Waals surface area contributed by atoms with Crippen molar-refractivity contribution in [3.63, 3.8) is 0 Å². The molecule has 0 radical (unpaired) electrons. The molecule has 1 heterocycles. The molecule has 20 heavy (non-hydrogen) atoms. The zero-order valence-electron chi connectivity index (χ0n) is 10.8. The van der Waals surface area contributed by atoms with Crippen molar-refractivity contribution in [2.45, 2.75) is 12.7 Å². The molecule has 2 N–H and O–H groups in total. The molecule has 0 aromatic heterocycles. The predicted octanol–water partition coefficient (Wildman–Crippen LogP) is 1.01. The van der Waals surface area contributed by atoms with E-state index in [0.29, 0.717) is 25.3 Å². The Kier molecular flexibility index (Phi) is 5.25. The van der Waals surface area contributed by atoms with E-state index in [2.05, 4.69) is 15.4 Å². The summed E-state index contributed by atoms with van der Waals surface area (Å²) in [7, 11) is 0. The third-order valence-electron chi connectivity index (χ3n) is 2.85. The molecule has 1 fully saturated rings. The van der Waals surface area contributed by atoms with Gasteiger partial charge < -0.3 is 20.1 Å². The van der Waals surface area contributed by atoms with Crippen LogP contribution in [0.15, 0.2) is 24.3 Å². The van der Waals surface area contributed by atoms with Gasteiger partial charge in [-0.2, -0.15) is 8.78 Å². The van der Waals surface area contributed by atoms with Gasteiger partial charge in [0.1, 0.15) is 5.75 Å². The smallest absolute Gasteiger partial charge is 0.387 e. The van der Waals surface area contributed by atoms with Crippen molar-refractivity contribution in [2.24, 2.45) is 0 Å². The molecule has 7 heteroatoms. The number of alkyl halides is 2. The summed E-state index contributed by atoms with van der Waals surface area (Å²) in [5, 5.41) is 5.97. The van der Waals surface area contributed by atoms with E-state index in [4.69, 9.17) is 4.74 Å². The summed E-state index contributed by atoms with van der Waals surface area (Å²) in [5.41, 5.74) is 0.392. The van der Waals surface area contributed by atoms with Gasteiger partial charge in [-0.15, -0.1) is 0 Å². The minimum absolute atomic E-state index is 0.0268. The average Bonchev–Trinajstić information content (AvgIpc) is 2.46. The maximum Gasteiger partial charge on any atom is 0.387 e. The van der Waals surface area contributed by atoms with Crippen LogP contribution >= 0.6 is 0 Å². The Hall–Kier alpha value is -1.73. The largest absolute Gasteiger partial charge is 0.435 e. The number of hydrogen-bond acceptors (Lipinski definition) is 4. The molecule has 0 bridgehead atoms. The van der Waals surface area contributed by atoms with Crippen molar-refractivity contribution < 1.29 is 23.0 Å². The second kappa shape index (κ2) is 7.16. The first-order valence-electron chi connectivity index (χ1n) is 6.29. The lowest BCUT2D eigenvalue weighted by Crippen LogP contribution is -2.48. The Morgan fingerprint density at radius 2 is 2.20 bits per heavy atom. The number of amides is 1. The predicted molar refractivity (Wildman–Crippen MR) is 68.0 cm³/mol. The molecule has 2 rings (SSSR count). The van der Waals surface area contributed by atoms with Gasteiger partial charge in [-0.1, -0.05) is 0 Å². The first kappa shape index (κ1) is 14.7. The van der Waals surface area contributed by atoms with Crippen molar-refractivity contribution in [2.75, 3.05) is 26.3 Å². The van der Waals surface area contributed by atoms with Crippen LogP contribution in [0.25, 0.3) is 0 Å². The van der Waals surface area contributed by atoms with E-state index in [9.17, 15) is 13.6 Å². The molecule has 0 aliphatic carbocycles. The van der Waals surface area contributed by atoms with E-state index in [0.717, 1.165) is 6.54 Å². The molecular weight excluding hydrogens is 270 g/mol. The number of carbonyl (C=O) groups is 1. The fourth-order valence-corrected chi connectivity index (χ4v) is 1.86. The zero-order chi connectivity index (χ0) is 14.4. The number of carbonyl (C=O) groups excluding carboxylic acids is 1. The lowest BCUT2D eigenvalue weighted by Gasteiger charge is -2.23. The van der Waals surface area contributed by atoms with Crippen LogP contribution in [0.2, 0.25) is 0 Å². The van der Waals surface area contributed by atoms with Gasteiger partial charge in [0.2, 0.25) is 0 Å². The van der Waals surface area contributed by atoms with Gasteiger partial charge >= 0.3 is 6.61 Å². The van der Waals surface area contributed by atoms with Gasteiger partial charge in [-0.05, 0) is 24.3 Å². The molecule has 0 saturated carbocycles. The second-order valence-electron chi connectivity index (χ2n) is 4.34. The third-order valence-corrected chi connectivity index (χ3v) is 2.85. The van der Waals surface area contributed by atoms with Crippen LogP contribution in [0, 0.1) is 0 Å². The molecule has 110 valence electrons. The number of hydrogen-bond donors (Lipinski definition) is 2. The summed E-state index contributed by atoms with van der Waals surface area (Å²) < 4.78 is 33.5. The highest BCUT2D eigenvalue weighted by molar-refractivity contribution is 5.94. The quantitative estimate of drug-likeness (QED) is 0.848.